The summed E-state index contributed by atoms with van der Waals surface area (Å²) in [5.74, 6) is -158. The van der Waals surface area contributed by atoms with Crippen LogP contribution in [0.15, 0.2) is 0 Å². The lowest BCUT2D eigenvalue weighted by Gasteiger charge is -2.70. The van der Waals surface area contributed by atoms with Gasteiger partial charge in [0.1, 0.15) is 0 Å². The molecular weight excluding hydrogens is 1090 g/mol. The van der Waals surface area contributed by atoms with Crippen molar-refractivity contribution in [3.8, 4) is 0 Å². The number of rotatable bonds is 0. The maximum atomic E-state index is 15.3. The van der Waals surface area contributed by atoms with Crippen molar-refractivity contribution in [1.82, 2.24) is 0 Å². The smallest absolute Gasteiger partial charge is 0.229 e. The van der Waals surface area contributed by atoms with Crippen LogP contribution >= 0.6 is 0 Å². The quantitative estimate of drug-likeness (QED) is 0.212. The van der Waals surface area contributed by atoms with Crippen LogP contribution in [0.5, 0.6) is 0 Å². The van der Waals surface area contributed by atoms with Gasteiger partial charge in [0.25, 0.3) is 34.0 Å². The predicted molar refractivity (Wildman–Crippen MR) is 112 cm³/mol. The molecule has 0 saturated heterocycles. The SMILES string of the molecule is FC1(F)C(F)(F)C(F)(F)C2(F)C(F)(C1(F)F)C(F)(F)C(F)(F)C1(F)C(F)(F)C(F)(F)C(F)(F)C(F)(F)C12F.FC1(F)C(F)(F)C(F)(F)C2(F)C(F)(F)C(F)(F)C(F)(F)C(F)(F)C2(F)C1(F)F. The van der Waals surface area contributed by atoms with Crippen LogP contribution in [0.2, 0.25) is 0 Å². The van der Waals surface area contributed by atoms with Crippen molar-refractivity contribution in [3.63, 3.8) is 0 Å². The molecule has 0 aliphatic heterocycles. The highest BCUT2D eigenvalue weighted by Gasteiger charge is 3.22. The summed E-state index contributed by atoms with van der Waals surface area (Å²) in [6.45, 7) is 0. The minimum Gasteiger partial charge on any atom is -0.229 e. The minimum atomic E-state index is -9.77. The molecule has 5 aliphatic carbocycles. The van der Waals surface area contributed by atoms with E-state index < -0.39 is 141 Å². The van der Waals surface area contributed by atoms with Gasteiger partial charge in [-0.25, -0.2) is 26.3 Å². The molecule has 0 N–H and O–H groups in total. The molecule has 390 valence electrons. The van der Waals surface area contributed by atoms with E-state index in [0.29, 0.717) is 0 Å². The van der Waals surface area contributed by atoms with Crippen LogP contribution in [0.3, 0.4) is 0 Å². The Hall–Kier alpha value is -2.94. The van der Waals surface area contributed by atoms with Crippen LogP contribution in [-0.4, -0.2) is 141 Å². The molecule has 0 heterocycles. The minimum absolute atomic E-state index is 8.23. The van der Waals surface area contributed by atoms with Crippen LogP contribution in [0.4, 0.5) is 184 Å². The zero-order valence-corrected chi connectivity index (χ0v) is 27.9. The number of halogens is 42. The summed E-state index contributed by atoms with van der Waals surface area (Å²) in [5, 5.41) is 0. The Labute approximate surface area is 326 Å². The monoisotopic (exact) mass is 1090 g/mol. The van der Waals surface area contributed by atoms with Crippen molar-refractivity contribution in [2.75, 3.05) is 0 Å². The highest BCUT2D eigenvalue weighted by atomic mass is 19.4. The summed E-state index contributed by atoms with van der Waals surface area (Å²) in [6, 6.07) is 0. The molecule has 0 amide bonds. The molecule has 0 spiro atoms. The van der Waals surface area contributed by atoms with Gasteiger partial charge >= 0.3 is 107 Å². The third-order valence-electron chi connectivity index (χ3n) is 11.4. The largest absolute Gasteiger partial charge is 0.382 e. The van der Waals surface area contributed by atoms with Gasteiger partial charge in [0.05, 0.1) is 0 Å². The molecule has 0 bridgehead atoms. The highest BCUT2D eigenvalue weighted by Crippen LogP contribution is 2.88. The fourth-order valence-corrected chi connectivity index (χ4v) is 7.60. The summed E-state index contributed by atoms with van der Waals surface area (Å²) in [6.07, 6.45) is 0. The Balaban J connectivity index is 0.000000302. The van der Waals surface area contributed by atoms with Crippen LogP contribution in [0.25, 0.3) is 0 Å². The van der Waals surface area contributed by atoms with Gasteiger partial charge in [0.2, 0.25) is 0 Å². The predicted octanol–water partition coefficient (Wildman–Crippen LogP) is 12.7. The zero-order valence-electron chi connectivity index (χ0n) is 27.9. The lowest BCUT2D eigenvalue weighted by molar-refractivity contribution is -0.587. The van der Waals surface area contributed by atoms with E-state index in [1.165, 1.54) is 0 Å². The molecule has 5 fully saturated rings. The number of hydrogen-bond donors (Lipinski definition) is 0. The molecule has 0 aromatic carbocycles. The van der Waals surface area contributed by atoms with E-state index >= 15 is 8.78 Å². The first-order valence-electron chi connectivity index (χ1n) is 14.7. The molecule has 0 aromatic heterocycles. The van der Waals surface area contributed by atoms with Crippen molar-refractivity contribution >= 4 is 0 Å². The third kappa shape index (κ3) is 3.82. The van der Waals surface area contributed by atoms with E-state index in [1.807, 2.05) is 0 Å². The Morgan fingerprint density at radius 2 is 0.136 bits per heavy atom. The Bertz CT molecular complexity index is 1850. The van der Waals surface area contributed by atoms with E-state index in [1.54, 1.807) is 0 Å². The van der Waals surface area contributed by atoms with Crippen molar-refractivity contribution in [1.29, 1.82) is 0 Å². The average Bonchev–Trinajstić information content (AvgIpc) is 3.11. The third-order valence-corrected chi connectivity index (χ3v) is 11.4. The molecule has 4 atom stereocenters. The van der Waals surface area contributed by atoms with Gasteiger partial charge in [-0.3, -0.25) is 0 Å². The molecule has 0 aromatic rings. The Morgan fingerprint density at radius 3 is 0.242 bits per heavy atom. The first kappa shape index (κ1) is 55.7. The van der Waals surface area contributed by atoms with Gasteiger partial charge < -0.3 is 0 Å². The summed E-state index contributed by atoms with van der Waals surface area (Å²) >= 11 is 0. The summed E-state index contributed by atoms with van der Waals surface area (Å²) in [4.78, 5) is 0. The lowest BCUT2D eigenvalue weighted by atomic mass is 9.43. The number of fused-ring (bicyclic) bond motifs is 4. The van der Waals surface area contributed by atoms with Crippen LogP contribution < -0.4 is 0 Å². The highest BCUT2D eigenvalue weighted by molar-refractivity contribution is 5.52. The van der Waals surface area contributed by atoms with Gasteiger partial charge in [0.15, 0.2) is 0 Å². The molecule has 5 aliphatic rings. The summed E-state index contributed by atoms with van der Waals surface area (Å²) < 4.78 is 580. The van der Waals surface area contributed by atoms with Gasteiger partial charge in [-0.15, -0.1) is 0 Å². The second-order valence-electron chi connectivity index (χ2n) is 14.3. The second kappa shape index (κ2) is 11.6. The van der Waals surface area contributed by atoms with Crippen molar-refractivity contribution < 1.29 is 184 Å². The van der Waals surface area contributed by atoms with Gasteiger partial charge in [-0.1, -0.05) is 0 Å². The molecule has 5 saturated carbocycles. The van der Waals surface area contributed by atoms with Crippen LogP contribution in [-0.2, 0) is 0 Å². The maximum Gasteiger partial charge on any atom is 0.382 e. The van der Waals surface area contributed by atoms with E-state index in [4.69, 9.17) is 0 Å². The Morgan fingerprint density at radius 1 is 0.0758 bits per heavy atom. The van der Waals surface area contributed by atoms with E-state index in [2.05, 4.69) is 0 Å². The fourth-order valence-electron chi connectivity index (χ4n) is 7.60. The fraction of sp³-hybridized carbons (Fsp3) is 1.00. The molecule has 4 unspecified atom stereocenters. The molecular formula is C24F42. The van der Waals surface area contributed by atoms with Crippen molar-refractivity contribution in [2.45, 2.75) is 141 Å². The van der Waals surface area contributed by atoms with Gasteiger partial charge in [-0.05, 0) is 0 Å². The topological polar surface area (TPSA) is 0 Å². The lowest BCUT2D eigenvalue weighted by Crippen LogP contribution is -3.06. The van der Waals surface area contributed by atoms with E-state index in [0.717, 1.165) is 0 Å². The zero-order chi connectivity index (χ0) is 54.0. The van der Waals surface area contributed by atoms with Gasteiger partial charge in [-0.2, -0.15) is 158 Å². The molecule has 0 radical (unpaired) electrons. The maximum absolute atomic E-state index is 15.3. The molecule has 0 nitrogen and oxygen atoms in total. The first-order chi connectivity index (χ1) is 27.8. The van der Waals surface area contributed by atoms with Crippen molar-refractivity contribution in [2.24, 2.45) is 0 Å². The molecule has 5 rings (SSSR count). The van der Waals surface area contributed by atoms with Crippen molar-refractivity contribution in [3.05, 3.63) is 0 Å². The van der Waals surface area contributed by atoms with Gasteiger partial charge in [0, 0.05) is 0 Å². The number of alkyl halides is 42. The average molecular weight is 1090 g/mol. The van der Waals surface area contributed by atoms with Crippen LogP contribution in [0.1, 0.15) is 0 Å². The van der Waals surface area contributed by atoms with E-state index in [9.17, 15) is 176 Å². The molecule has 42 heteroatoms. The summed E-state index contributed by atoms with van der Waals surface area (Å²) in [5.41, 5.74) is -55.9. The Kier molecular flexibility index (Phi) is 9.81. The molecule has 66 heavy (non-hydrogen) atoms. The first-order valence-corrected chi connectivity index (χ1v) is 14.7. The standard InChI is InChI=1S/C14F24.C10F18/c15-1-2(16)4(18,10(29,30)14(37,38)12(33,34)6(2,21)22)8(25,26)7(23,24)3(1,17)9(27,28)13(35,36)11(31,32)5(1,19)20;11-1-2(12,5(17,18)9(25,26)7(21,22)3(1,13)14)6(19,20)10(27,28)8(23,24)4(1,15)16. The second-order valence-corrected chi connectivity index (χ2v) is 14.3. The van der Waals surface area contributed by atoms with E-state index in [-0.39, 0.29) is 0 Å². The summed E-state index contributed by atoms with van der Waals surface area (Å²) in [7, 11) is 0. The van der Waals surface area contributed by atoms with Crippen LogP contribution in [0, 0.1) is 0 Å². The normalized spacial score (nSPS) is 45.5. The number of hydrogen-bond acceptors (Lipinski definition) is 0.